The minimum absolute atomic E-state index is 0.832. The number of furan rings is 2. The van der Waals surface area contributed by atoms with Gasteiger partial charge in [0.2, 0.25) is 0 Å². The van der Waals surface area contributed by atoms with Gasteiger partial charge < -0.3 is 13.7 Å². The molecule has 0 bridgehead atoms. The lowest BCUT2D eigenvalue weighted by Crippen LogP contribution is -2.12. The lowest BCUT2D eigenvalue weighted by molar-refractivity contribution is 0.669. The molecule has 10 aromatic carbocycles. The first-order valence-corrected chi connectivity index (χ1v) is 20.1. The van der Waals surface area contributed by atoms with Gasteiger partial charge in [0.05, 0.1) is 11.4 Å². The molecule has 12 aromatic rings. The van der Waals surface area contributed by atoms with Crippen LogP contribution in [0.25, 0.3) is 98.8 Å². The van der Waals surface area contributed by atoms with Crippen LogP contribution in [0.3, 0.4) is 0 Å². The van der Waals surface area contributed by atoms with Crippen molar-refractivity contribution in [2.45, 2.75) is 0 Å². The second kappa shape index (κ2) is 13.4. The predicted octanol–water partition coefficient (Wildman–Crippen LogP) is 16.3. The number of fused-ring (bicyclic) bond motifs is 9. The van der Waals surface area contributed by atoms with Gasteiger partial charge >= 0.3 is 0 Å². The second-order valence-electron chi connectivity index (χ2n) is 15.2. The van der Waals surface area contributed by atoms with Crippen LogP contribution in [0.5, 0.6) is 0 Å². The second-order valence-corrected chi connectivity index (χ2v) is 15.2. The summed E-state index contributed by atoms with van der Waals surface area (Å²) in [6, 6.07) is 75.8. The van der Waals surface area contributed by atoms with E-state index in [0.717, 1.165) is 88.8 Å². The molecule has 0 unspecified atom stereocenters. The Balaban J connectivity index is 1.16. The van der Waals surface area contributed by atoms with E-state index in [-0.39, 0.29) is 0 Å². The molecule has 0 fully saturated rings. The number of hydrogen-bond acceptors (Lipinski definition) is 3. The zero-order valence-electron chi connectivity index (χ0n) is 32.0. The lowest BCUT2D eigenvalue weighted by Gasteiger charge is -2.29. The summed E-state index contributed by atoms with van der Waals surface area (Å²) in [4.78, 5) is 2.39. The minimum Gasteiger partial charge on any atom is -0.455 e. The molecule has 12 rings (SSSR count). The van der Waals surface area contributed by atoms with Crippen molar-refractivity contribution in [1.29, 1.82) is 0 Å². The van der Waals surface area contributed by atoms with Gasteiger partial charge in [-0.2, -0.15) is 0 Å². The standard InChI is InChI=1S/C56H35NO2/c1-2-15-36(16-3-1)42-32-31-39(50-34-38-17-4-5-20-41(38)44-21-6-7-22-45(44)50)35-52(42)57(51-28-14-27-49-47-24-9-11-30-54(47)59-56(49)51)40-19-12-18-37(33-40)43-25-13-26-48-46-23-8-10-29-53(46)58-55(43)48/h1-35H. The first-order valence-electron chi connectivity index (χ1n) is 20.1. The maximum absolute atomic E-state index is 6.82. The maximum atomic E-state index is 6.82. The molecule has 0 amide bonds. The van der Waals surface area contributed by atoms with E-state index in [9.17, 15) is 0 Å². The first kappa shape index (κ1) is 33.3. The molecule has 0 aliphatic carbocycles. The quantitative estimate of drug-likeness (QED) is 0.158. The van der Waals surface area contributed by atoms with Gasteiger partial charge in [0.25, 0.3) is 0 Å². The average Bonchev–Trinajstić information content (AvgIpc) is 3.89. The molecule has 0 aliphatic heterocycles. The summed E-state index contributed by atoms with van der Waals surface area (Å²) < 4.78 is 13.4. The monoisotopic (exact) mass is 753 g/mol. The van der Waals surface area contributed by atoms with Crippen molar-refractivity contribution in [2.24, 2.45) is 0 Å². The van der Waals surface area contributed by atoms with Crippen LogP contribution in [0.1, 0.15) is 0 Å². The molecular weight excluding hydrogens is 719 g/mol. The Morgan fingerprint density at radius 2 is 0.864 bits per heavy atom. The van der Waals surface area contributed by atoms with Crippen LogP contribution < -0.4 is 4.90 Å². The van der Waals surface area contributed by atoms with Crippen molar-refractivity contribution >= 4 is 82.5 Å². The van der Waals surface area contributed by atoms with Gasteiger partial charge in [-0.1, -0.05) is 170 Å². The number of benzene rings is 10. The summed E-state index contributed by atoms with van der Waals surface area (Å²) >= 11 is 0. The summed E-state index contributed by atoms with van der Waals surface area (Å²) in [5, 5.41) is 9.31. The topological polar surface area (TPSA) is 29.5 Å². The van der Waals surface area contributed by atoms with E-state index in [0.29, 0.717) is 0 Å². The van der Waals surface area contributed by atoms with Crippen LogP contribution in [-0.4, -0.2) is 0 Å². The van der Waals surface area contributed by atoms with Crippen molar-refractivity contribution in [3.63, 3.8) is 0 Å². The zero-order chi connectivity index (χ0) is 38.9. The summed E-state index contributed by atoms with van der Waals surface area (Å²) in [5.41, 5.74) is 13.1. The van der Waals surface area contributed by atoms with Gasteiger partial charge in [0, 0.05) is 38.4 Å². The molecule has 0 saturated heterocycles. The fraction of sp³-hybridized carbons (Fsp3) is 0. The molecule has 2 heterocycles. The highest BCUT2D eigenvalue weighted by Crippen LogP contribution is 2.48. The van der Waals surface area contributed by atoms with E-state index in [1.165, 1.54) is 27.1 Å². The Hall–Kier alpha value is -7.88. The van der Waals surface area contributed by atoms with E-state index in [1.54, 1.807) is 0 Å². The van der Waals surface area contributed by atoms with Crippen LogP contribution in [-0.2, 0) is 0 Å². The smallest absolute Gasteiger partial charge is 0.159 e. The molecule has 3 heteroatoms. The van der Waals surface area contributed by atoms with Crippen LogP contribution >= 0.6 is 0 Å². The van der Waals surface area contributed by atoms with Crippen LogP contribution in [0, 0.1) is 0 Å². The highest BCUT2D eigenvalue weighted by Gasteiger charge is 2.24. The van der Waals surface area contributed by atoms with Crippen molar-refractivity contribution in [1.82, 2.24) is 0 Å². The van der Waals surface area contributed by atoms with Gasteiger partial charge in [-0.25, -0.2) is 0 Å². The van der Waals surface area contributed by atoms with Crippen LogP contribution in [0.4, 0.5) is 17.1 Å². The van der Waals surface area contributed by atoms with E-state index in [1.807, 2.05) is 18.2 Å². The van der Waals surface area contributed by atoms with Crippen molar-refractivity contribution < 1.29 is 8.83 Å². The molecule has 0 spiro atoms. The Bertz CT molecular complexity index is 3580. The number of anilines is 3. The largest absolute Gasteiger partial charge is 0.455 e. The van der Waals surface area contributed by atoms with E-state index in [4.69, 9.17) is 8.83 Å². The van der Waals surface area contributed by atoms with Gasteiger partial charge in [-0.3, -0.25) is 0 Å². The average molecular weight is 754 g/mol. The van der Waals surface area contributed by atoms with Gasteiger partial charge in [0.1, 0.15) is 16.7 Å². The fourth-order valence-electron chi connectivity index (χ4n) is 9.14. The molecule has 0 saturated carbocycles. The number of nitrogens with zero attached hydrogens (tertiary/aromatic N) is 1. The molecule has 0 atom stereocenters. The Morgan fingerprint density at radius 1 is 0.288 bits per heavy atom. The summed E-state index contributed by atoms with van der Waals surface area (Å²) in [5.74, 6) is 0. The minimum atomic E-state index is 0.832. The SMILES string of the molecule is c1ccc(-c2ccc(-c3cc4ccccc4c4ccccc34)cc2N(c2cccc(-c3cccc4c3oc3ccccc34)c2)c2cccc3c2oc2ccccc23)cc1. The van der Waals surface area contributed by atoms with E-state index < -0.39 is 0 Å². The van der Waals surface area contributed by atoms with Crippen LogP contribution in [0.2, 0.25) is 0 Å². The molecule has 0 N–H and O–H groups in total. The highest BCUT2D eigenvalue weighted by molar-refractivity contribution is 6.15. The van der Waals surface area contributed by atoms with E-state index >= 15 is 0 Å². The lowest BCUT2D eigenvalue weighted by atomic mass is 9.91. The van der Waals surface area contributed by atoms with Gasteiger partial charge in [-0.15, -0.1) is 0 Å². The molecule has 0 radical (unpaired) electrons. The molecule has 59 heavy (non-hydrogen) atoms. The van der Waals surface area contributed by atoms with Gasteiger partial charge in [0.15, 0.2) is 5.58 Å². The highest BCUT2D eigenvalue weighted by atomic mass is 16.3. The number of para-hydroxylation sites is 4. The van der Waals surface area contributed by atoms with Crippen molar-refractivity contribution in [3.05, 3.63) is 212 Å². The van der Waals surface area contributed by atoms with Crippen molar-refractivity contribution in [2.75, 3.05) is 4.90 Å². The number of rotatable bonds is 6. The zero-order valence-corrected chi connectivity index (χ0v) is 32.0. The summed E-state index contributed by atoms with van der Waals surface area (Å²) in [7, 11) is 0. The predicted molar refractivity (Wildman–Crippen MR) is 247 cm³/mol. The van der Waals surface area contributed by atoms with Gasteiger partial charge in [-0.05, 0) is 86.3 Å². The van der Waals surface area contributed by atoms with Crippen molar-refractivity contribution in [3.8, 4) is 33.4 Å². The van der Waals surface area contributed by atoms with E-state index in [2.05, 4.69) is 199 Å². The fourth-order valence-corrected chi connectivity index (χ4v) is 9.14. The third kappa shape index (κ3) is 5.36. The van der Waals surface area contributed by atoms with Crippen LogP contribution in [0.15, 0.2) is 221 Å². The maximum Gasteiger partial charge on any atom is 0.159 e. The Labute approximate surface area is 340 Å². The molecular formula is C56H35NO2. The molecule has 0 aliphatic rings. The molecule has 2 aromatic heterocycles. The third-order valence-electron chi connectivity index (χ3n) is 11.8. The molecule has 3 nitrogen and oxygen atoms in total. The first-order chi connectivity index (χ1) is 29.3. The normalized spacial score (nSPS) is 11.7. The third-order valence-corrected chi connectivity index (χ3v) is 11.8. The molecule has 276 valence electrons. The summed E-state index contributed by atoms with van der Waals surface area (Å²) in [6.45, 7) is 0. The Kier molecular flexibility index (Phi) is 7.54. The number of hydrogen-bond donors (Lipinski definition) is 0. The Morgan fingerprint density at radius 3 is 1.66 bits per heavy atom. The summed E-state index contributed by atoms with van der Waals surface area (Å²) in [6.07, 6.45) is 0.